The van der Waals surface area contributed by atoms with Gasteiger partial charge in [-0.05, 0) is 35.8 Å². The van der Waals surface area contributed by atoms with Crippen LogP contribution < -0.4 is 5.32 Å². The number of methoxy groups -OCH3 is 1. The first-order valence-electron chi connectivity index (χ1n) is 6.39. The lowest BCUT2D eigenvalue weighted by Gasteiger charge is -2.10. The van der Waals surface area contributed by atoms with Crippen LogP contribution in [0.15, 0.2) is 24.3 Å². The van der Waals surface area contributed by atoms with Crippen LogP contribution in [0.4, 0.5) is 5.69 Å². The summed E-state index contributed by atoms with van der Waals surface area (Å²) in [4.78, 5) is 22.1. The zero-order chi connectivity index (χ0) is 15.0. The minimum Gasteiger partial charge on any atom is -0.478 e. The minimum atomic E-state index is -0.986. The van der Waals surface area contributed by atoms with Crippen molar-refractivity contribution in [2.75, 3.05) is 19.0 Å². The van der Waals surface area contributed by atoms with Gasteiger partial charge in [-0.15, -0.1) is 0 Å². The zero-order valence-corrected chi connectivity index (χ0v) is 11.7. The average Bonchev–Trinajstić information content (AvgIpc) is 2.43. The largest absolute Gasteiger partial charge is 0.478 e. The molecule has 0 fully saturated rings. The van der Waals surface area contributed by atoms with Gasteiger partial charge in [-0.3, -0.25) is 4.79 Å². The van der Waals surface area contributed by atoms with E-state index < -0.39 is 5.97 Å². The molecular formula is C15H19NO4. The molecule has 0 unspecified atom stereocenters. The number of carboxylic acid groups (broad SMARTS) is 1. The van der Waals surface area contributed by atoms with Crippen molar-refractivity contribution in [1.29, 1.82) is 0 Å². The average molecular weight is 277 g/mol. The Morgan fingerprint density at radius 3 is 2.75 bits per heavy atom. The maximum Gasteiger partial charge on any atom is 0.328 e. The molecule has 0 aliphatic carbocycles. The summed E-state index contributed by atoms with van der Waals surface area (Å²) in [6.45, 7) is 2.36. The molecule has 108 valence electrons. The first kappa shape index (κ1) is 15.9. The number of amides is 1. The summed E-state index contributed by atoms with van der Waals surface area (Å²) in [5.74, 6) is -1.09. The van der Waals surface area contributed by atoms with Crippen LogP contribution in [0.25, 0.3) is 6.08 Å². The SMILES string of the molecule is CCc1cc(/C=C/C(=O)O)ccc1NC(=O)CCOC. The molecule has 1 rings (SSSR count). The van der Waals surface area contributed by atoms with Crippen molar-refractivity contribution in [2.24, 2.45) is 0 Å². The summed E-state index contributed by atoms with van der Waals surface area (Å²) in [6, 6.07) is 5.42. The summed E-state index contributed by atoms with van der Waals surface area (Å²) in [5, 5.41) is 11.4. The minimum absolute atomic E-state index is 0.102. The molecule has 0 atom stereocenters. The number of aliphatic carboxylic acids is 1. The van der Waals surface area contributed by atoms with Crippen LogP contribution in [0.3, 0.4) is 0 Å². The molecule has 5 nitrogen and oxygen atoms in total. The Hall–Kier alpha value is -2.14. The third-order valence-electron chi connectivity index (χ3n) is 2.74. The van der Waals surface area contributed by atoms with Gasteiger partial charge in [0.05, 0.1) is 13.0 Å². The molecule has 0 bridgehead atoms. The highest BCUT2D eigenvalue weighted by molar-refractivity contribution is 5.92. The van der Waals surface area contributed by atoms with Crippen molar-refractivity contribution < 1.29 is 19.4 Å². The van der Waals surface area contributed by atoms with Gasteiger partial charge in [0, 0.05) is 18.9 Å². The Morgan fingerprint density at radius 1 is 1.40 bits per heavy atom. The van der Waals surface area contributed by atoms with E-state index in [1.165, 1.54) is 6.08 Å². The van der Waals surface area contributed by atoms with Crippen LogP contribution in [0, 0.1) is 0 Å². The fraction of sp³-hybridized carbons (Fsp3) is 0.333. The molecule has 1 aromatic rings. The molecular weight excluding hydrogens is 258 g/mol. The molecule has 20 heavy (non-hydrogen) atoms. The summed E-state index contributed by atoms with van der Waals surface area (Å²) in [7, 11) is 1.55. The summed E-state index contributed by atoms with van der Waals surface area (Å²) < 4.78 is 4.85. The molecule has 0 saturated heterocycles. The Morgan fingerprint density at radius 2 is 2.15 bits per heavy atom. The summed E-state index contributed by atoms with van der Waals surface area (Å²) in [6.07, 6.45) is 3.67. The first-order valence-corrected chi connectivity index (χ1v) is 6.39. The van der Waals surface area contributed by atoms with Crippen LogP contribution >= 0.6 is 0 Å². The van der Waals surface area contributed by atoms with Gasteiger partial charge < -0.3 is 15.2 Å². The molecule has 0 heterocycles. The second kappa shape index (κ2) is 8.12. The smallest absolute Gasteiger partial charge is 0.328 e. The topological polar surface area (TPSA) is 75.6 Å². The normalized spacial score (nSPS) is 10.7. The molecule has 1 amide bonds. The lowest BCUT2D eigenvalue weighted by molar-refractivity contribution is -0.131. The number of anilines is 1. The van der Waals surface area contributed by atoms with Crippen LogP contribution in [-0.2, 0) is 20.7 Å². The van der Waals surface area contributed by atoms with E-state index in [0.717, 1.165) is 29.3 Å². The summed E-state index contributed by atoms with van der Waals surface area (Å²) >= 11 is 0. The maximum atomic E-state index is 11.7. The number of carbonyl (C=O) groups is 2. The van der Waals surface area contributed by atoms with E-state index in [2.05, 4.69) is 5.32 Å². The monoisotopic (exact) mass is 277 g/mol. The Labute approximate surface area is 118 Å². The van der Waals surface area contributed by atoms with Crippen LogP contribution in [0.5, 0.6) is 0 Å². The molecule has 5 heteroatoms. The first-order chi connectivity index (χ1) is 9.56. The van der Waals surface area contributed by atoms with E-state index in [9.17, 15) is 9.59 Å². The molecule has 0 aliphatic rings. The molecule has 0 spiro atoms. The number of ether oxygens (including phenoxy) is 1. The Bertz CT molecular complexity index is 509. The number of aryl methyl sites for hydroxylation is 1. The number of rotatable bonds is 7. The molecule has 0 aliphatic heterocycles. The van der Waals surface area contributed by atoms with Gasteiger partial charge in [-0.1, -0.05) is 13.0 Å². The molecule has 0 aromatic heterocycles. The van der Waals surface area contributed by atoms with Crippen molar-refractivity contribution in [3.8, 4) is 0 Å². The van der Waals surface area contributed by atoms with Gasteiger partial charge in [0.1, 0.15) is 0 Å². The van der Waals surface area contributed by atoms with E-state index in [1.807, 2.05) is 13.0 Å². The van der Waals surface area contributed by atoms with Crippen molar-refractivity contribution in [3.05, 3.63) is 35.4 Å². The molecule has 0 radical (unpaired) electrons. The molecule has 1 aromatic carbocycles. The molecule has 0 saturated carbocycles. The van der Waals surface area contributed by atoms with Crippen molar-refractivity contribution in [2.45, 2.75) is 19.8 Å². The lowest BCUT2D eigenvalue weighted by Crippen LogP contribution is -2.14. The van der Waals surface area contributed by atoms with E-state index >= 15 is 0 Å². The van der Waals surface area contributed by atoms with Gasteiger partial charge in [-0.25, -0.2) is 4.79 Å². The van der Waals surface area contributed by atoms with E-state index in [-0.39, 0.29) is 5.91 Å². The number of carbonyl (C=O) groups excluding carboxylic acids is 1. The maximum absolute atomic E-state index is 11.7. The quantitative estimate of drug-likeness (QED) is 0.750. The van der Waals surface area contributed by atoms with Crippen molar-refractivity contribution in [1.82, 2.24) is 0 Å². The van der Waals surface area contributed by atoms with E-state index in [0.29, 0.717) is 13.0 Å². The van der Waals surface area contributed by atoms with Crippen molar-refractivity contribution >= 4 is 23.6 Å². The number of carboxylic acids is 1. The Balaban J connectivity index is 2.82. The highest BCUT2D eigenvalue weighted by Crippen LogP contribution is 2.19. The second-order valence-corrected chi connectivity index (χ2v) is 4.23. The van der Waals surface area contributed by atoms with Gasteiger partial charge in [0.2, 0.25) is 5.91 Å². The number of hydrogen-bond donors (Lipinski definition) is 2. The highest BCUT2D eigenvalue weighted by Gasteiger charge is 2.06. The fourth-order valence-corrected chi connectivity index (χ4v) is 1.71. The van der Waals surface area contributed by atoms with E-state index in [1.54, 1.807) is 19.2 Å². The van der Waals surface area contributed by atoms with Gasteiger partial charge in [0.15, 0.2) is 0 Å². The summed E-state index contributed by atoms with van der Waals surface area (Å²) in [5.41, 5.74) is 2.50. The van der Waals surface area contributed by atoms with Gasteiger partial charge >= 0.3 is 5.97 Å². The van der Waals surface area contributed by atoms with Gasteiger partial charge in [-0.2, -0.15) is 0 Å². The lowest BCUT2D eigenvalue weighted by atomic mass is 10.1. The third kappa shape index (κ3) is 5.24. The van der Waals surface area contributed by atoms with Crippen molar-refractivity contribution in [3.63, 3.8) is 0 Å². The number of benzene rings is 1. The van der Waals surface area contributed by atoms with Crippen LogP contribution in [-0.4, -0.2) is 30.7 Å². The van der Waals surface area contributed by atoms with Crippen LogP contribution in [0.1, 0.15) is 24.5 Å². The van der Waals surface area contributed by atoms with E-state index in [4.69, 9.17) is 9.84 Å². The fourth-order valence-electron chi connectivity index (χ4n) is 1.71. The predicted octanol–water partition coefficient (Wildman–Crippen LogP) is 2.32. The Kier molecular flexibility index (Phi) is 6.46. The third-order valence-corrected chi connectivity index (χ3v) is 2.74. The highest BCUT2D eigenvalue weighted by atomic mass is 16.5. The second-order valence-electron chi connectivity index (χ2n) is 4.23. The molecule has 2 N–H and O–H groups in total. The standard InChI is InChI=1S/C15H19NO4/c1-3-12-10-11(5-7-15(18)19)4-6-13(12)16-14(17)8-9-20-2/h4-7,10H,3,8-9H2,1-2H3,(H,16,17)(H,18,19)/b7-5+. The zero-order valence-electron chi connectivity index (χ0n) is 11.7. The van der Waals surface area contributed by atoms with Crippen LogP contribution in [0.2, 0.25) is 0 Å². The number of hydrogen-bond acceptors (Lipinski definition) is 3. The predicted molar refractivity (Wildman–Crippen MR) is 77.6 cm³/mol. The van der Waals surface area contributed by atoms with Gasteiger partial charge in [0.25, 0.3) is 0 Å². The number of nitrogens with one attached hydrogen (secondary N) is 1.